The van der Waals surface area contributed by atoms with Crippen molar-refractivity contribution >= 4 is 17.6 Å². The first-order valence-corrected chi connectivity index (χ1v) is 10.9. The van der Waals surface area contributed by atoms with Crippen LogP contribution in [0.4, 0.5) is 0 Å². The summed E-state index contributed by atoms with van der Waals surface area (Å²) in [5.74, 6) is 1.85. The van der Waals surface area contributed by atoms with Gasteiger partial charge in [0.05, 0.1) is 6.61 Å². The van der Waals surface area contributed by atoms with Crippen LogP contribution in [0.15, 0.2) is 48.5 Å². The third kappa shape index (κ3) is 7.24. The number of carbonyl (C=O) groups is 1. The molecular formula is C25H33ClO4. The molecular weight excluding hydrogens is 400 g/mol. The molecule has 0 aromatic heterocycles. The number of halogens is 1. The molecule has 2 atom stereocenters. The summed E-state index contributed by atoms with van der Waals surface area (Å²) < 4.78 is 16.5. The van der Waals surface area contributed by atoms with Crippen molar-refractivity contribution in [2.45, 2.75) is 51.8 Å². The van der Waals surface area contributed by atoms with Gasteiger partial charge in [-0.05, 0) is 41.3 Å². The second kappa shape index (κ2) is 11.3. The average molecular weight is 433 g/mol. The van der Waals surface area contributed by atoms with Crippen molar-refractivity contribution in [1.82, 2.24) is 0 Å². The molecule has 0 aliphatic heterocycles. The lowest BCUT2D eigenvalue weighted by Crippen LogP contribution is -2.20. The maximum atomic E-state index is 10.8. The second-order valence-electron chi connectivity index (χ2n) is 8.21. The van der Waals surface area contributed by atoms with Crippen LogP contribution in [0.1, 0.15) is 52.2 Å². The van der Waals surface area contributed by atoms with Gasteiger partial charge in [0.25, 0.3) is 0 Å². The summed E-state index contributed by atoms with van der Waals surface area (Å²) >= 11 is 6.11. The van der Waals surface area contributed by atoms with Crippen LogP contribution >= 0.6 is 11.6 Å². The van der Waals surface area contributed by atoms with E-state index in [4.69, 9.17) is 25.8 Å². The highest BCUT2D eigenvalue weighted by atomic mass is 35.5. The van der Waals surface area contributed by atoms with Gasteiger partial charge in [-0.2, -0.15) is 0 Å². The molecule has 0 amide bonds. The monoisotopic (exact) mass is 432 g/mol. The predicted molar refractivity (Wildman–Crippen MR) is 122 cm³/mol. The van der Waals surface area contributed by atoms with Crippen LogP contribution in [0.25, 0.3) is 0 Å². The molecule has 5 heteroatoms. The Bertz CT molecular complexity index is 784. The Morgan fingerprint density at radius 3 is 1.80 bits per heavy atom. The van der Waals surface area contributed by atoms with Gasteiger partial charge in [0.15, 0.2) is 0 Å². The minimum absolute atomic E-state index is 0.138. The summed E-state index contributed by atoms with van der Waals surface area (Å²) in [6, 6.07) is 16.4. The molecule has 4 nitrogen and oxygen atoms in total. The minimum atomic E-state index is -0.383. The van der Waals surface area contributed by atoms with Gasteiger partial charge in [0.2, 0.25) is 0 Å². The van der Waals surface area contributed by atoms with E-state index in [1.165, 1.54) is 18.1 Å². The fraction of sp³-hybridized carbons (Fsp3) is 0.480. The number of esters is 1. The lowest BCUT2D eigenvalue weighted by molar-refractivity contribution is -0.141. The van der Waals surface area contributed by atoms with Gasteiger partial charge in [0.1, 0.15) is 30.1 Å². The molecule has 0 fully saturated rings. The van der Waals surface area contributed by atoms with E-state index in [1.54, 1.807) is 0 Å². The Morgan fingerprint density at radius 2 is 1.37 bits per heavy atom. The van der Waals surface area contributed by atoms with Crippen molar-refractivity contribution in [3.63, 3.8) is 0 Å². The van der Waals surface area contributed by atoms with Crippen molar-refractivity contribution in [3.8, 4) is 11.5 Å². The zero-order valence-corrected chi connectivity index (χ0v) is 19.4. The van der Waals surface area contributed by atoms with Crippen LogP contribution in [0, 0.1) is 5.92 Å². The predicted octanol–water partition coefficient (Wildman–Crippen LogP) is 5.99. The van der Waals surface area contributed by atoms with E-state index >= 15 is 0 Å². The van der Waals surface area contributed by atoms with Crippen molar-refractivity contribution in [2.75, 3.05) is 19.8 Å². The van der Waals surface area contributed by atoms with E-state index < -0.39 is 0 Å². The van der Waals surface area contributed by atoms with Crippen LogP contribution in [0.3, 0.4) is 0 Å². The standard InChI is InChI=1S/C25H33ClO4/c1-6-18(2)15-29-23-11-7-20(8-12-23)25(4,5)21-9-13-24(14-10-21)30-17-22(26)16-28-19(3)27/h7-14,18,22H,6,15-17H2,1-5H3/t18-,22+/m0/s1. The molecule has 0 heterocycles. The quantitative estimate of drug-likeness (QED) is 0.323. The number of ether oxygens (including phenoxy) is 3. The van der Waals surface area contributed by atoms with Gasteiger partial charge < -0.3 is 14.2 Å². The van der Waals surface area contributed by atoms with Gasteiger partial charge in [0, 0.05) is 12.3 Å². The van der Waals surface area contributed by atoms with Crippen molar-refractivity contribution < 1.29 is 19.0 Å². The maximum Gasteiger partial charge on any atom is 0.302 e. The normalized spacial score (nSPS) is 13.4. The van der Waals surface area contributed by atoms with E-state index in [9.17, 15) is 4.79 Å². The van der Waals surface area contributed by atoms with Crippen LogP contribution in [0.2, 0.25) is 0 Å². The average Bonchev–Trinajstić information content (AvgIpc) is 2.75. The molecule has 0 N–H and O–H groups in total. The zero-order chi connectivity index (χ0) is 22.1. The molecule has 164 valence electrons. The van der Waals surface area contributed by atoms with Gasteiger partial charge in [-0.25, -0.2) is 0 Å². The lowest BCUT2D eigenvalue weighted by Gasteiger charge is -2.26. The molecule has 0 saturated carbocycles. The molecule has 0 unspecified atom stereocenters. The number of benzene rings is 2. The molecule has 2 aromatic carbocycles. The van der Waals surface area contributed by atoms with Crippen LogP contribution in [-0.2, 0) is 14.9 Å². The van der Waals surface area contributed by atoms with Crippen molar-refractivity contribution in [1.29, 1.82) is 0 Å². The Hall–Kier alpha value is -2.20. The summed E-state index contributed by atoms with van der Waals surface area (Å²) in [4.78, 5) is 10.8. The number of rotatable bonds is 11. The van der Waals surface area contributed by atoms with Gasteiger partial charge >= 0.3 is 5.97 Å². The molecule has 2 rings (SSSR count). The topological polar surface area (TPSA) is 44.8 Å². The number of alkyl halides is 1. The van der Waals surface area contributed by atoms with E-state index in [-0.39, 0.29) is 30.0 Å². The highest BCUT2D eigenvalue weighted by molar-refractivity contribution is 6.20. The fourth-order valence-corrected chi connectivity index (χ4v) is 3.03. The van der Waals surface area contributed by atoms with E-state index in [1.807, 2.05) is 24.3 Å². The fourth-order valence-electron chi connectivity index (χ4n) is 2.90. The number of carbonyl (C=O) groups excluding carboxylic acids is 1. The highest BCUT2D eigenvalue weighted by Crippen LogP contribution is 2.33. The SMILES string of the molecule is CC[C@H](C)COc1ccc(C(C)(C)c2ccc(OC[C@H](Cl)COC(C)=O)cc2)cc1. The van der Waals surface area contributed by atoms with Crippen LogP contribution in [-0.4, -0.2) is 31.2 Å². The third-order valence-electron chi connectivity index (χ3n) is 5.28. The molecule has 30 heavy (non-hydrogen) atoms. The first kappa shape index (κ1) is 24.1. The Labute approximate surface area is 185 Å². The number of hydrogen-bond donors (Lipinski definition) is 0. The van der Waals surface area contributed by atoms with E-state index in [2.05, 4.69) is 52.0 Å². The van der Waals surface area contributed by atoms with Gasteiger partial charge in [-0.3, -0.25) is 4.79 Å². The lowest BCUT2D eigenvalue weighted by atomic mass is 9.78. The molecule has 0 bridgehead atoms. The van der Waals surface area contributed by atoms with Gasteiger partial charge in [-0.15, -0.1) is 11.6 Å². The zero-order valence-electron chi connectivity index (χ0n) is 18.6. The smallest absolute Gasteiger partial charge is 0.302 e. The highest BCUT2D eigenvalue weighted by Gasteiger charge is 2.23. The summed E-state index contributed by atoms with van der Waals surface area (Å²) in [6.45, 7) is 11.3. The summed E-state index contributed by atoms with van der Waals surface area (Å²) in [5, 5.41) is -0.383. The van der Waals surface area contributed by atoms with E-state index in [0.29, 0.717) is 5.92 Å². The summed E-state index contributed by atoms with van der Waals surface area (Å²) in [5.41, 5.74) is 2.25. The molecule has 2 aromatic rings. The number of hydrogen-bond acceptors (Lipinski definition) is 4. The largest absolute Gasteiger partial charge is 0.493 e. The Kier molecular flexibility index (Phi) is 9.04. The molecule has 0 radical (unpaired) electrons. The first-order chi connectivity index (χ1) is 14.2. The molecule has 0 aliphatic carbocycles. The minimum Gasteiger partial charge on any atom is -0.493 e. The molecule has 0 saturated heterocycles. The van der Waals surface area contributed by atoms with Crippen LogP contribution < -0.4 is 9.47 Å². The first-order valence-electron chi connectivity index (χ1n) is 10.5. The second-order valence-corrected chi connectivity index (χ2v) is 8.83. The van der Waals surface area contributed by atoms with E-state index in [0.717, 1.165) is 24.5 Å². The molecule has 0 aliphatic rings. The maximum absolute atomic E-state index is 10.8. The Balaban J connectivity index is 1.96. The van der Waals surface area contributed by atoms with Crippen molar-refractivity contribution in [3.05, 3.63) is 59.7 Å². The summed E-state index contributed by atoms with van der Waals surface area (Å²) in [7, 11) is 0. The third-order valence-corrected chi connectivity index (χ3v) is 5.53. The van der Waals surface area contributed by atoms with Gasteiger partial charge in [-0.1, -0.05) is 58.4 Å². The van der Waals surface area contributed by atoms with Crippen molar-refractivity contribution in [2.24, 2.45) is 5.92 Å². The molecule has 0 spiro atoms. The Morgan fingerprint density at radius 1 is 0.900 bits per heavy atom. The summed E-state index contributed by atoms with van der Waals surface area (Å²) in [6.07, 6.45) is 1.11. The van der Waals surface area contributed by atoms with Crippen LogP contribution in [0.5, 0.6) is 11.5 Å².